The molecule has 1 amide bonds. The van der Waals surface area contributed by atoms with Gasteiger partial charge in [-0.15, -0.1) is 0 Å². The molecule has 0 fully saturated rings. The molecule has 0 aliphatic carbocycles. The van der Waals surface area contributed by atoms with E-state index in [2.05, 4.69) is 5.32 Å². The number of hydrogen-bond acceptors (Lipinski definition) is 2. The van der Waals surface area contributed by atoms with Crippen molar-refractivity contribution < 1.29 is 19.1 Å². The van der Waals surface area contributed by atoms with Crippen LogP contribution < -0.4 is 5.32 Å². The molecule has 1 unspecified atom stereocenters. The van der Waals surface area contributed by atoms with Crippen molar-refractivity contribution in [2.45, 2.75) is 13.0 Å². The summed E-state index contributed by atoms with van der Waals surface area (Å²) in [7, 11) is 0. The van der Waals surface area contributed by atoms with Crippen LogP contribution in [0.1, 0.15) is 27.5 Å². The predicted molar refractivity (Wildman–Crippen MR) is 75.4 cm³/mol. The number of benzene rings is 2. The normalized spacial score (nSPS) is 11.7. The number of carboxylic acids is 1. The Balaban J connectivity index is 2.25. The lowest BCUT2D eigenvalue weighted by Gasteiger charge is -2.15. The molecule has 0 heterocycles. The van der Waals surface area contributed by atoms with Gasteiger partial charge in [-0.2, -0.15) is 0 Å². The molecule has 0 radical (unpaired) electrons. The lowest BCUT2D eigenvalue weighted by atomic mass is 10.1. The van der Waals surface area contributed by atoms with Crippen molar-refractivity contribution in [3.8, 4) is 0 Å². The fraction of sp³-hybridized carbons (Fsp3) is 0.125. The molecule has 0 saturated carbocycles. The van der Waals surface area contributed by atoms with Crippen molar-refractivity contribution in [1.82, 2.24) is 5.32 Å². The molecule has 0 saturated heterocycles. The van der Waals surface area contributed by atoms with E-state index in [4.69, 9.17) is 0 Å². The Labute approximate surface area is 121 Å². The van der Waals surface area contributed by atoms with Gasteiger partial charge in [0.05, 0.1) is 0 Å². The molecule has 0 aromatic heterocycles. The number of rotatable bonds is 4. The summed E-state index contributed by atoms with van der Waals surface area (Å²) in [6.07, 6.45) is 0. The van der Waals surface area contributed by atoms with E-state index >= 15 is 0 Å². The van der Waals surface area contributed by atoms with Crippen LogP contribution in [0.3, 0.4) is 0 Å². The van der Waals surface area contributed by atoms with Crippen molar-refractivity contribution >= 4 is 11.9 Å². The maximum absolute atomic E-state index is 13.3. The molecule has 2 aromatic carbocycles. The molecule has 0 aliphatic rings. The fourth-order valence-corrected chi connectivity index (χ4v) is 2.01. The number of halogens is 1. The number of aryl methyl sites for hydroxylation is 1. The first kappa shape index (κ1) is 14.7. The summed E-state index contributed by atoms with van der Waals surface area (Å²) in [5.74, 6) is -2.34. The van der Waals surface area contributed by atoms with E-state index in [-0.39, 0.29) is 5.56 Å². The highest BCUT2D eigenvalue weighted by molar-refractivity contribution is 5.97. The van der Waals surface area contributed by atoms with Crippen molar-refractivity contribution in [3.63, 3.8) is 0 Å². The van der Waals surface area contributed by atoms with Crippen LogP contribution >= 0.6 is 0 Å². The van der Waals surface area contributed by atoms with Gasteiger partial charge in [0, 0.05) is 5.56 Å². The van der Waals surface area contributed by atoms with E-state index < -0.39 is 23.7 Å². The van der Waals surface area contributed by atoms with E-state index in [1.54, 1.807) is 37.3 Å². The van der Waals surface area contributed by atoms with E-state index in [0.29, 0.717) is 11.1 Å². The van der Waals surface area contributed by atoms with Crippen LogP contribution in [0.15, 0.2) is 48.5 Å². The highest BCUT2D eigenvalue weighted by atomic mass is 19.1. The number of carbonyl (C=O) groups is 2. The Hall–Kier alpha value is -2.69. The van der Waals surface area contributed by atoms with Crippen molar-refractivity contribution in [3.05, 3.63) is 71.0 Å². The number of carbonyl (C=O) groups excluding carboxylic acids is 1. The fourth-order valence-electron chi connectivity index (χ4n) is 2.01. The Kier molecular flexibility index (Phi) is 4.33. The van der Waals surface area contributed by atoms with Crippen LogP contribution in [0.5, 0.6) is 0 Å². The molecule has 4 nitrogen and oxygen atoms in total. The molecule has 21 heavy (non-hydrogen) atoms. The van der Waals surface area contributed by atoms with Gasteiger partial charge in [-0.3, -0.25) is 4.79 Å². The summed E-state index contributed by atoms with van der Waals surface area (Å²) in [5.41, 5.74) is 1.13. The highest BCUT2D eigenvalue weighted by Gasteiger charge is 2.22. The summed E-state index contributed by atoms with van der Waals surface area (Å²) in [5, 5.41) is 11.6. The van der Waals surface area contributed by atoms with E-state index in [9.17, 15) is 19.1 Å². The third kappa shape index (κ3) is 3.66. The predicted octanol–water partition coefficient (Wildman–Crippen LogP) is 2.69. The molecular weight excluding hydrogens is 273 g/mol. The summed E-state index contributed by atoms with van der Waals surface area (Å²) >= 11 is 0. The van der Waals surface area contributed by atoms with Crippen LogP contribution in [-0.2, 0) is 4.79 Å². The Morgan fingerprint density at radius 3 is 2.38 bits per heavy atom. The smallest absolute Gasteiger partial charge is 0.330 e. The average Bonchev–Trinajstić information content (AvgIpc) is 2.44. The van der Waals surface area contributed by atoms with Crippen LogP contribution in [0, 0.1) is 12.7 Å². The van der Waals surface area contributed by atoms with Crippen molar-refractivity contribution in [2.75, 3.05) is 0 Å². The zero-order valence-electron chi connectivity index (χ0n) is 11.3. The first-order valence-corrected chi connectivity index (χ1v) is 6.33. The van der Waals surface area contributed by atoms with Gasteiger partial charge in [0.2, 0.25) is 0 Å². The van der Waals surface area contributed by atoms with Crippen molar-refractivity contribution in [1.29, 1.82) is 0 Å². The molecule has 0 aliphatic heterocycles. The van der Waals surface area contributed by atoms with Crippen LogP contribution in [-0.4, -0.2) is 17.0 Å². The van der Waals surface area contributed by atoms with Gasteiger partial charge < -0.3 is 10.4 Å². The second-order valence-electron chi connectivity index (χ2n) is 4.67. The molecule has 0 bridgehead atoms. The van der Waals surface area contributed by atoms with Gasteiger partial charge in [-0.25, -0.2) is 9.18 Å². The molecule has 2 N–H and O–H groups in total. The topological polar surface area (TPSA) is 66.4 Å². The number of amides is 1. The first-order chi connectivity index (χ1) is 9.97. The second kappa shape index (κ2) is 6.17. The SMILES string of the molecule is Cc1cc(F)cc(C(=O)NC(C(=O)O)c2ccccc2)c1. The van der Waals surface area contributed by atoms with E-state index in [1.165, 1.54) is 12.1 Å². The number of carboxylic acid groups (broad SMARTS) is 1. The number of hydrogen-bond donors (Lipinski definition) is 2. The van der Waals surface area contributed by atoms with Gasteiger partial charge in [0.25, 0.3) is 5.91 Å². The summed E-state index contributed by atoms with van der Waals surface area (Å²) in [6.45, 7) is 1.66. The molecule has 1 atom stereocenters. The number of aliphatic carboxylic acids is 1. The molecule has 0 spiro atoms. The molecule has 5 heteroatoms. The quantitative estimate of drug-likeness (QED) is 0.908. The minimum absolute atomic E-state index is 0.0923. The van der Waals surface area contributed by atoms with Crippen molar-refractivity contribution in [2.24, 2.45) is 0 Å². The number of nitrogens with one attached hydrogen (secondary N) is 1. The Morgan fingerprint density at radius 2 is 1.81 bits per heavy atom. The Morgan fingerprint density at radius 1 is 1.14 bits per heavy atom. The minimum Gasteiger partial charge on any atom is -0.479 e. The lowest BCUT2D eigenvalue weighted by Crippen LogP contribution is -2.33. The first-order valence-electron chi connectivity index (χ1n) is 6.33. The molecule has 108 valence electrons. The zero-order chi connectivity index (χ0) is 15.4. The van der Waals surface area contributed by atoms with Gasteiger partial charge in [-0.1, -0.05) is 30.3 Å². The summed E-state index contributed by atoms with van der Waals surface area (Å²) in [4.78, 5) is 23.4. The maximum Gasteiger partial charge on any atom is 0.330 e. The largest absolute Gasteiger partial charge is 0.479 e. The Bertz CT molecular complexity index is 650. The van der Waals surface area contributed by atoms with Crippen LogP contribution in [0.4, 0.5) is 4.39 Å². The van der Waals surface area contributed by atoms with Gasteiger partial charge in [0.15, 0.2) is 6.04 Å². The third-order valence-electron chi connectivity index (χ3n) is 2.96. The van der Waals surface area contributed by atoms with Gasteiger partial charge in [0.1, 0.15) is 5.82 Å². The van der Waals surface area contributed by atoms with Gasteiger partial charge in [-0.05, 0) is 36.2 Å². The highest BCUT2D eigenvalue weighted by Crippen LogP contribution is 2.15. The van der Waals surface area contributed by atoms with Crippen LogP contribution in [0.25, 0.3) is 0 Å². The molecule has 2 rings (SSSR count). The summed E-state index contributed by atoms with van der Waals surface area (Å²) < 4.78 is 13.3. The van der Waals surface area contributed by atoms with Gasteiger partial charge >= 0.3 is 5.97 Å². The molecule has 2 aromatic rings. The van der Waals surface area contributed by atoms with E-state index in [0.717, 1.165) is 6.07 Å². The lowest BCUT2D eigenvalue weighted by molar-refractivity contribution is -0.139. The average molecular weight is 287 g/mol. The third-order valence-corrected chi connectivity index (χ3v) is 2.96. The minimum atomic E-state index is -1.18. The van der Waals surface area contributed by atoms with E-state index in [1.807, 2.05) is 0 Å². The second-order valence-corrected chi connectivity index (χ2v) is 4.67. The standard InChI is InChI=1S/C16H14FNO3/c1-10-7-12(9-13(17)8-10)15(19)18-14(16(20)21)11-5-3-2-4-6-11/h2-9,14H,1H3,(H,18,19)(H,20,21). The maximum atomic E-state index is 13.3. The molecular formula is C16H14FNO3. The van der Waals surface area contributed by atoms with Crippen LogP contribution in [0.2, 0.25) is 0 Å². The summed E-state index contributed by atoms with van der Waals surface area (Å²) in [6, 6.07) is 11.0. The zero-order valence-corrected chi connectivity index (χ0v) is 11.3. The monoisotopic (exact) mass is 287 g/mol.